The molecular formula is C13H22N2O. The molecule has 1 N–H and O–H groups in total. The van der Waals surface area contributed by atoms with Gasteiger partial charge in [-0.1, -0.05) is 26.0 Å². The third kappa shape index (κ3) is 2.46. The van der Waals surface area contributed by atoms with Gasteiger partial charge in [-0.3, -0.25) is 4.79 Å². The maximum Gasteiger partial charge on any atom is 0.239 e. The average Bonchev–Trinajstić information content (AvgIpc) is 2.73. The van der Waals surface area contributed by atoms with E-state index < -0.39 is 0 Å². The van der Waals surface area contributed by atoms with Crippen molar-refractivity contribution in [3.63, 3.8) is 0 Å². The number of likely N-dealkylation sites (tertiary alicyclic amines) is 1. The largest absolute Gasteiger partial charge is 0.338 e. The third-order valence-electron chi connectivity index (χ3n) is 3.43. The molecule has 1 fully saturated rings. The molecule has 16 heavy (non-hydrogen) atoms. The number of nitrogens with one attached hydrogen (secondary N) is 1. The van der Waals surface area contributed by atoms with Gasteiger partial charge in [-0.05, 0) is 25.7 Å². The van der Waals surface area contributed by atoms with Crippen LogP contribution in [0.25, 0.3) is 0 Å². The lowest BCUT2D eigenvalue weighted by Gasteiger charge is -2.37. The van der Waals surface area contributed by atoms with Crippen LogP contribution in [0, 0.1) is 0 Å². The molecule has 0 aromatic rings. The van der Waals surface area contributed by atoms with E-state index in [4.69, 9.17) is 0 Å². The third-order valence-corrected chi connectivity index (χ3v) is 3.43. The maximum atomic E-state index is 12.3. The molecule has 1 saturated heterocycles. The van der Waals surface area contributed by atoms with Crippen LogP contribution < -0.4 is 5.32 Å². The molecule has 3 heteroatoms. The number of carbonyl (C=O) groups excluding carboxylic acids is 1. The molecule has 0 aromatic heterocycles. The molecule has 0 spiro atoms. The summed E-state index contributed by atoms with van der Waals surface area (Å²) in [7, 11) is 0. The molecule has 2 aliphatic rings. The van der Waals surface area contributed by atoms with Crippen molar-refractivity contribution in [2.75, 3.05) is 6.54 Å². The Labute approximate surface area is 97.9 Å². The number of rotatable bonds is 3. The van der Waals surface area contributed by atoms with E-state index in [2.05, 4.69) is 36.2 Å². The first kappa shape index (κ1) is 11.6. The lowest BCUT2D eigenvalue weighted by molar-refractivity contribution is -0.138. The summed E-state index contributed by atoms with van der Waals surface area (Å²) in [5, 5.41) is 3.37. The predicted molar refractivity (Wildman–Crippen MR) is 65.2 cm³/mol. The molecule has 0 radical (unpaired) electrons. The van der Waals surface area contributed by atoms with E-state index in [1.165, 1.54) is 0 Å². The Bertz CT molecular complexity index is 278. The summed E-state index contributed by atoms with van der Waals surface area (Å²) in [6.07, 6.45) is 8.59. The Morgan fingerprint density at radius 3 is 2.69 bits per heavy atom. The number of piperidine rings is 1. The molecule has 1 amide bonds. The number of amides is 1. The van der Waals surface area contributed by atoms with Gasteiger partial charge >= 0.3 is 0 Å². The Balaban J connectivity index is 1.96. The summed E-state index contributed by atoms with van der Waals surface area (Å²) in [5.41, 5.74) is 0. The summed E-state index contributed by atoms with van der Waals surface area (Å²) >= 11 is 0. The lowest BCUT2D eigenvalue weighted by atomic mass is 10.0. The molecule has 3 nitrogen and oxygen atoms in total. The van der Waals surface area contributed by atoms with E-state index >= 15 is 0 Å². The minimum atomic E-state index is 0.0503. The zero-order valence-electron chi connectivity index (χ0n) is 10.3. The Morgan fingerprint density at radius 1 is 1.38 bits per heavy atom. The van der Waals surface area contributed by atoms with Crippen LogP contribution in [0.5, 0.6) is 0 Å². The van der Waals surface area contributed by atoms with Crippen LogP contribution >= 0.6 is 0 Å². The predicted octanol–water partition coefficient (Wildman–Crippen LogP) is 1.69. The van der Waals surface area contributed by atoms with Crippen LogP contribution in [0.3, 0.4) is 0 Å². The van der Waals surface area contributed by atoms with Crippen molar-refractivity contribution >= 4 is 5.91 Å². The quantitative estimate of drug-likeness (QED) is 0.737. The van der Waals surface area contributed by atoms with Gasteiger partial charge in [0.25, 0.3) is 0 Å². The molecule has 1 atom stereocenters. The summed E-state index contributed by atoms with van der Waals surface area (Å²) < 4.78 is 0. The van der Waals surface area contributed by atoms with Gasteiger partial charge in [-0.2, -0.15) is 0 Å². The second kappa shape index (κ2) is 5.00. The highest BCUT2D eigenvalue weighted by Crippen LogP contribution is 2.22. The van der Waals surface area contributed by atoms with Crippen LogP contribution in [0.15, 0.2) is 12.2 Å². The topological polar surface area (TPSA) is 32.3 Å². The molecule has 0 bridgehead atoms. The molecule has 1 unspecified atom stereocenters. The highest BCUT2D eigenvalue weighted by atomic mass is 16.2. The van der Waals surface area contributed by atoms with Crippen molar-refractivity contribution in [1.29, 1.82) is 0 Å². The van der Waals surface area contributed by atoms with Gasteiger partial charge in [-0.15, -0.1) is 0 Å². The summed E-state index contributed by atoms with van der Waals surface area (Å²) in [5.74, 6) is 0.314. The molecule has 90 valence electrons. The normalized spacial score (nSPS) is 27.1. The van der Waals surface area contributed by atoms with Crippen LogP contribution in [-0.2, 0) is 4.79 Å². The number of hydrogen-bond acceptors (Lipinski definition) is 2. The number of nitrogens with zero attached hydrogens (tertiary/aromatic N) is 1. The molecule has 1 heterocycles. The van der Waals surface area contributed by atoms with E-state index in [9.17, 15) is 4.79 Å². The fourth-order valence-electron chi connectivity index (χ4n) is 2.68. The first-order valence-corrected chi connectivity index (χ1v) is 6.40. The van der Waals surface area contributed by atoms with Crippen LogP contribution in [0.2, 0.25) is 0 Å². The first-order valence-electron chi connectivity index (χ1n) is 6.40. The van der Waals surface area contributed by atoms with E-state index in [0.29, 0.717) is 18.0 Å². The first-order chi connectivity index (χ1) is 7.68. The van der Waals surface area contributed by atoms with Gasteiger partial charge in [0.15, 0.2) is 0 Å². The molecule has 1 aliphatic heterocycles. The van der Waals surface area contributed by atoms with Gasteiger partial charge in [0.05, 0.1) is 6.04 Å². The van der Waals surface area contributed by atoms with E-state index in [1.807, 2.05) is 0 Å². The molecular weight excluding hydrogens is 200 g/mol. The van der Waals surface area contributed by atoms with Crippen molar-refractivity contribution in [1.82, 2.24) is 10.2 Å². The average molecular weight is 222 g/mol. The smallest absolute Gasteiger partial charge is 0.239 e. The highest BCUT2D eigenvalue weighted by molar-refractivity contribution is 5.83. The van der Waals surface area contributed by atoms with Crippen LogP contribution in [-0.4, -0.2) is 35.5 Å². The standard InChI is InChI=1S/C13H22N2O/c1-10(2)14-12-8-5-9-15(13(12)16)11-6-3-4-7-11/h3-4,10-12,14H,5-9H2,1-2H3. The summed E-state index contributed by atoms with van der Waals surface area (Å²) in [4.78, 5) is 14.4. The lowest BCUT2D eigenvalue weighted by Crippen LogP contribution is -2.54. The molecule has 0 saturated carbocycles. The summed E-state index contributed by atoms with van der Waals surface area (Å²) in [6, 6.07) is 0.870. The fourth-order valence-corrected chi connectivity index (χ4v) is 2.68. The Hall–Kier alpha value is -0.830. The van der Waals surface area contributed by atoms with Gasteiger partial charge in [0, 0.05) is 18.6 Å². The van der Waals surface area contributed by atoms with Gasteiger partial charge in [-0.25, -0.2) is 0 Å². The number of hydrogen-bond donors (Lipinski definition) is 1. The Kier molecular flexibility index (Phi) is 3.64. The van der Waals surface area contributed by atoms with E-state index in [1.54, 1.807) is 0 Å². The van der Waals surface area contributed by atoms with E-state index in [-0.39, 0.29) is 6.04 Å². The molecule has 2 rings (SSSR count). The highest BCUT2D eigenvalue weighted by Gasteiger charge is 2.33. The maximum absolute atomic E-state index is 12.3. The van der Waals surface area contributed by atoms with Crippen molar-refractivity contribution in [3.05, 3.63) is 12.2 Å². The monoisotopic (exact) mass is 222 g/mol. The minimum absolute atomic E-state index is 0.0503. The summed E-state index contributed by atoms with van der Waals surface area (Å²) in [6.45, 7) is 5.15. The van der Waals surface area contributed by atoms with Gasteiger partial charge in [0.1, 0.15) is 0 Å². The SMILES string of the molecule is CC(C)NC1CCCN(C2CC=CC2)C1=O. The number of carbonyl (C=O) groups is 1. The van der Waals surface area contributed by atoms with Crippen molar-refractivity contribution < 1.29 is 4.79 Å². The Morgan fingerprint density at radius 2 is 2.06 bits per heavy atom. The minimum Gasteiger partial charge on any atom is -0.338 e. The second-order valence-electron chi connectivity index (χ2n) is 5.14. The molecule has 0 aromatic carbocycles. The second-order valence-corrected chi connectivity index (χ2v) is 5.14. The molecule has 1 aliphatic carbocycles. The van der Waals surface area contributed by atoms with Crippen molar-refractivity contribution in [2.24, 2.45) is 0 Å². The van der Waals surface area contributed by atoms with Gasteiger partial charge in [0.2, 0.25) is 5.91 Å². The van der Waals surface area contributed by atoms with Crippen molar-refractivity contribution in [3.8, 4) is 0 Å². The zero-order chi connectivity index (χ0) is 11.5. The zero-order valence-corrected chi connectivity index (χ0v) is 10.3. The van der Waals surface area contributed by atoms with Crippen LogP contribution in [0.4, 0.5) is 0 Å². The van der Waals surface area contributed by atoms with Gasteiger partial charge < -0.3 is 10.2 Å². The van der Waals surface area contributed by atoms with E-state index in [0.717, 1.165) is 32.2 Å². The fraction of sp³-hybridized carbons (Fsp3) is 0.769. The van der Waals surface area contributed by atoms with Crippen molar-refractivity contribution in [2.45, 2.75) is 57.7 Å². The van der Waals surface area contributed by atoms with Crippen LogP contribution in [0.1, 0.15) is 39.5 Å².